The Morgan fingerprint density at radius 1 is 1.17 bits per heavy atom. The van der Waals surface area contributed by atoms with Crippen LogP contribution in [0.4, 0.5) is 0 Å². The second-order valence-electron chi connectivity index (χ2n) is 4.87. The zero-order chi connectivity index (χ0) is 16.9. The lowest BCUT2D eigenvalue weighted by molar-refractivity contribution is 0.0729. The number of hydrogen-bond acceptors (Lipinski definition) is 5. The highest BCUT2D eigenvalue weighted by Crippen LogP contribution is 2.28. The van der Waals surface area contributed by atoms with Gasteiger partial charge in [-0.3, -0.25) is 0 Å². The molecule has 0 fully saturated rings. The first kappa shape index (κ1) is 15.3. The summed E-state index contributed by atoms with van der Waals surface area (Å²) in [7, 11) is 1.45. The van der Waals surface area contributed by atoms with Crippen LogP contribution in [0, 0.1) is 11.3 Å². The smallest absolute Gasteiger partial charge is 0.343 e. The van der Waals surface area contributed by atoms with E-state index < -0.39 is 5.97 Å². The third kappa shape index (κ3) is 3.10. The molecule has 3 aromatic rings. The molecule has 0 saturated heterocycles. The van der Waals surface area contributed by atoms with E-state index in [1.165, 1.54) is 19.2 Å². The van der Waals surface area contributed by atoms with Gasteiger partial charge in [-0.25, -0.2) is 9.48 Å². The SMILES string of the molecule is COc1cc(C#N)ccc1OC(=O)c1cccc(-n2cccn2)c1. The molecule has 0 bridgehead atoms. The van der Waals surface area contributed by atoms with Gasteiger partial charge in [0.25, 0.3) is 0 Å². The lowest BCUT2D eigenvalue weighted by atomic mass is 10.2. The van der Waals surface area contributed by atoms with Gasteiger partial charge in [0.05, 0.1) is 30.0 Å². The molecular weight excluding hydrogens is 306 g/mol. The summed E-state index contributed by atoms with van der Waals surface area (Å²) >= 11 is 0. The van der Waals surface area contributed by atoms with Crippen molar-refractivity contribution in [1.29, 1.82) is 5.26 Å². The molecule has 1 heterocycles. The normalized spacial score (nSPS) is 10.0. The van der Waals surface area contributed by atoms with Gasteiger partial charge in [0, 0.05) is 18.5 Å². The van der Waals surface area contributed by atoms with Crippen LogP contribution < -0.4 is 9.47 Å². The van der Waals surface area contributed by atoms with Gasteiger partial charge in [-0.2, -0.15) is 10.4 Å². The van der Waals surface area contributed by atoms with Gasteiger partial charge in [0.2, 0.25) is 0 Å². The van der Waals surface area contributed by atoms with E-state index in [0.717, 1.165) is 5.69 Å². The number of hydrogen-bond donors (Lipinski definition) is 0. The van der Waals surface area contributed by atoms with Crippen molar-refractivity contribution in [3.05, 3.63) is 72.1 Å². The van der Waals surface area contributed by atoms with E-state index in [2.05, 4.69) is 5.10 Å². The van der Waals surface area contributed by atoms with Crippen LogP contribution in [0.2, 0.25) is 0 Å². The third-order valence-electron chi connectivity index (χ3n) is 3.35. The number of carbonyl (C=O) groups is 1. The van der Waals surface area contributed by atoms with E-state index in [-0.39, 0.29) is 5.75 Å². The minimum Gasteiger partial charge on any atom is -0.493 e. The van der Waals surface area contributed by atoms with Crippen molar-refractivity contribution in [2.75, 3.05) is 7.11 Å². The average Bonchev–Trinajstić information content (AvgIpc) is 3.17. The van der Waals surface area contributed by atoms with Crippen molar-refractivity contribution in [3.63, 3.8) is 0 Å². The fourth-order valence-corrected chi connectivity index (χ4v) is 2.18. The maximum Gasteiger partial charge on any atom is 0.343 e. The highest BCUT2D eigenvalue weighted by Gasteiger charge is 2.14. The molecule has 0 spiro atoms. The van der Waals surface area contributed by atoms with Crippen molar-refractivity contribution in [1.82, 2.24) is 9.78 Å². The van der Waals surface area contributed by atoms with Gasteiger partial charge in [-0.05, 0) is 36.4 Å². The largest absolute Gasteiger partial charge is 0.493 e. The number of methoxy groups -OCH3 is 1. The molecule has 118 valence electrons. The minimum absolute atomic E-state index is 0.256. The van der Waals surface area contributed by atoms with E-state index in [4.69, 9.17) is 14.7 Å². The third-order valence-corrected chi connectivity index (χ3v) is 3.35. The molecule has 6 heteroatoms. The summed E-state index contributed by atoms with van der Waals surface area (Å²) in [6, 6.07) is 15.4. The summed E-state index contributed by atoms with van der Waals surface area (Å²) in [5, 5.41) is 13.0. The molecule has 0 N–H and O–H groups in total. The van der Waals surface area contributed by atoms with Crippen molar-refractivity contribution in [3.8, 4) is 23.3 Å². The Bertz CT molecular complexity index is 912. The number of carbonyl (C=O) groups excluding carboxylic acids is 1. The van der Waals surface area contributed by atoms with E-state index in [9.17, 15) is 4.79 Å². The van der Waals surface area contributed by atoms with Gasteiger partial charge < -0.3 is 9.47 Å². The summed E-state index contributed by atoms with van der Waals surface area (Å²) in [6.45, 7) is 0. The van der Waals surface area contributed by atoms with Gasteiger partial charge in [0.1, 0.15) is 0 Å². The van der Waals surface area contributed by atoms with E-state index in [0.29, 0.717) is 16.9 Å². The first-order valence-electron chi connectivity index (χ1n) is 7.11. The summed E-state index contributed by atoms with van der Waals surface area (Å²) in [5.74, 6) is 0.0589. The minimum atomic E-state index is -0.521. The van der Waals surface area contributed by atoms with Crippen molar-refractivity contribution in [2.24, 2.45) is 0 Å². The molecule has 0 aliphatic carbocycles. The van der Waals surface area contributed by atoms with Crippen molar-refractivity contribution >= 4 is 5.97 Å². The Kier molecular flexibility index (Phi) is 4.25. The van der Waals surface area contributed by atoms with Crippen LogP contribution in [0.1, 0.15) is 15.9 Å². The number of nitriles is 1. The number of aromatic nitrogens is 2. The number of benzene rings is 2. The number of rotatable bonds is 4. The summed E-state index contributed by atoms with van der Waals surface area (Å²) in [5.41, 5.74) is 1.56. The van der Waals surface area contributed by atoms with Crippen LogP contribution in [-0.2, 0) is 0 Å². The Labute approximate surface area is 138 Å². The number of nitrogens with zero attached hydrogens (tertiary/aromatic N) is 3. The molecule has 1 aromatic heterocycles. The lowest BCUT2D eigenvalue weighted by Gasteiger charge is -2.10. The first-order chi connectivity index (χ1) is 11.7. The second kappa shape index (κ2) is 6.67. The molecule has 6 nitrogen and oxygen atoms in total. The molecule has 3 rings (SSSR count). The van der Waals surface area contributed by atoms with Crippen molar-refractivity contribution < 1.29 is 14.3 Å². The molecular formula is C18H13N3O3. The highest BCUT2D eigenvalue weighted by molar-refractivity contribution is 5.92. The van der Waals surface area contributed by atoms with Crippen LogP contribution in [0.3, 0.4) is 0 Å². The standard InChI is InChI=1S/C18H13N3O3/c1-23-17-10-13(12-19)6-7-16(17)24-18(22)14-4-2-5-15(11-14)21-9-3-8-20-21/h2-11H,1H3. The second-order valence-corrected chi connectivity index (χ2v) is 4.87. The Balaban J connectivity index is 1.86. The molecule has 0 atom stereocenters. The maximum absolute atomic E-state index is 12.4. The van der Waals surface area contributed by atoms with Gasteiger partial charge >= 0.3 is 5.97 Å². The van der Waals surface area contributed by atoms with Gasteiger partial charge in [-0.1, -0.05) is 6.07 Å². The van der Waals surface area contributed by atoms with E-state index in [1.807, 2.05) is 12.1 Å². The Hall–Kier alpha value is -3.59. The van der Waals surface area contributed by atoms with Crippen LogP contribution in [-0.4, -0.2) is 22.9 Å². The molecule has 0 aliphatic heterocycles. The average molecular weight is 319 g/mol. The molecule has 0 saturated carbocycles. The van der Waals surface area contributed by atoms with Crippen LogP contribution in [0.15, 0.2) is 60.9 Å². The highest BCUT2D eigenvalue weighted by atomic mass is 16.6. The van der Waals surface area contributed by atoms with E-state index in [1.54, 1.807) is 47.4 Å². The molecule has 0 amide bonds. The molecule has 0 unspecified atom stereocenters. The Morgan fingerprint density at radius 3 is 2.75 bits per heavy atom. The summed E-state index contributed by atoms with van der Waals surface area (Å²) in [4.78, 5) is 12.4. The maximum atomic E-state index is 12.4. The van der Waals surface area contributed by atoms with Gasteiger partial charge in [0.15, 0.2) is 11.5 Å². The monoisotopic (exact) mass is 319 g/mol. The van der Waals surface area contributed by atoms with Gasteiger partial charge in [-0.15, -0.1) is 0 Å². The zero-order valence-corrected chi connectivity index (χ0v) is 12.8. The van der Waals surface area contributed by atoms with Crippen molar-refractivity contribution in [2.45, 2.75) is 0 Å². The quantitative estimate of drug-likeness (QED) is 0.546. The molecule has 0 radical (unpaired) electrons. The molecule has 24 heavy (non-hydrogen) atoms. The van der Waals surface area contributed by atoms with Crippen LogP contribution in [0.25, 0.3) is 5.69 Å². The predicted molar refractivity (Wildman–Crippen MR) is 86.2 cm³/mol. The topological polar surface area (TPSA) is 77.1 Å². The molecule has 0 aliphatic rings. The van der Waals surface area contributed by atoms with Crippen LogP contribution >= 0.6 is 0 Å². The van der Waals surface area contributed by atoms with Crippen LogP contribution in [0.5, 0.6) is 11.5 Å². The first-order valence-corrected chi connectivity index (χ1v) is 7.11. The Morgan fingerprint density at radius 2 is 2.04 bits per heavy atom. The summed E-state index contributed by atoms with van der Waals surface area (Å²) in [6.07, 6.45) is 3.45. The number of esters is 1. The lowest BCUT2D eigenvalue weighted by Crippen LogP contribution is -2.10. The fraction of sp³-hybridized carbons (Fsp3) is 0.0556. The number of ether oxygens (including phenoxy) is 2. The van der Waals surface area contributed by atoms with E-state index >= 15 is 0 Å². The zero-order valence-electron chi connectivity index (χ0n) is 12.8. The summed E-state index contributed by atoms with van der Waals surface area (Å²) < 4.78 is 12.2. The predicted octanol–water partition coefficient (Wildman–Crippen LogP) is 2.97. The fourth-order valence-electron chi connectivity index (χ4n) is 2.18. The molecule has 2 aromatic carbocycles.